The molecule has 23 heavy (non-hydrogen) atoms. The summed E-state index contributed by atoms with van der Waals surface area (Å²) in [5, 5.41) is 32.5. The van der Waals surface area contributed by atoms with Crippen molar-refractivity contribution < 1.29 is 20.1 Å². The lowest BCUT2D eigenvalue weighted by atomic mass is 9.48. The van der Waals surface area contributed by atoms with Gasteiger partial charge in [-0.15, -0.1) is 0 Å². The fourth-order valence-corrected chi connectivity index (χ4v) is 6.15. The molecule has 3 fully saturated rings. The number of aliphatic hydroxyl groups is 3. The Hall–Kier alpha value is -0.970. The summed E-state index contributed by atoms with van der Waals surface area (Å²) in [4.78, 5) is 13.2. The zero-order valence-corrected chi connectivity index (χ0v) is 13.8. The zero-order chi connectivity index (χ0) is 16.7. The summed E-state index contributed by atoms with van der Waals surface area (Å²) < 4.78 is 0. The van der Waals surface area contributed by atoms with E-state index >= 15 is 0 Å². The maximum Gasteiger partial charge on any atom is 0.174 e. The molecule has 0 aliphatic heterocycles. The third-order valence-electron chi connectivity index (χ3n) is 7.28. The van der Waals surface area contributed by atoms with E-state index in [-0.39, 0.29) is 29.0 Å². The molecule has 4 nitrogen and oxygen atoms in total. The number of Topliss-reactive ketones (excluding diaryl/α,β-unsaturated/α-hetero) is 1. The van der Waals surface area contributed by atoms with Gasteiger partial charge in [-0.2, -0.15) is 0 Å². The Morgan fingerprint density at radius 2 is 1.91 bits per heavy atom. The predicted octanol–water partition coefficient (Wildman–Crippen LogP) is 1.60. The van der Waals surface area contributed by atoms with Crippen molar-refractivity contribution in [2.45, 2.75) is 57.8 Å². The lowest BCUT2D eigenvalue weighted by molar-refractivity contribution is -0.174. The zero-order valence-electron chi connectivity index (χ0n) is 13.8. The summed E-state index contributed by atoms with van der Waals surface area (Å²) >= 11 is 0. The van der Waals surface area contributed by atoms with Crippen molar-refractivity contribution >= 4 is 5.78 Å². The Labute approximate surface area is 136 Å². The standard InChI is InChI=1S/C19H26O4/c1-9-10-6-7-12-11-5-4-8-18(2,3)13(11)14(20)17(23)19(12,15(9)21)16(10)22/h5,10,12-16,20-22H,1,4,6-8H2,2-3H3. The molecule has 0 heterocycles. The quantitative estimate of drug-likeness (QED) is 0.593. The first kappa shape index (κ1) is 15.6. The lowest BCUT2D eigenvalue weighted by Crippen LogP contribution is -2.65. The van der Waals surface area contributed by atoms with E-state index in [2.05, 4.69) is 26.5 Å². The SMILES string of the molecule is C=C1C2CCC3C4=CCCC(C)(C)C4C(O)C(=O)C3(C1O)C2O. The first-order valence-corrected chi connectivity index (χ1v) is 8.71. The smallest absolute Gasteiger partial charge is 0.174 e. The highest BCUT2D eigenvalue weighted by molar-refractivity contribution is 5.94. The van der Waals surface area contributed by atoms with Gasteiger partial charge in [-0.05, 0) is 42.6 Å². The predicted molar refractivity (Wildman–Crippen MR) is 85.4 cm³/mol. The van der Waals surface area contributed by atoms with E-state index in [1.165, 1.54) is 0 Å². The first-order chi connectivity index (χ1) is 10.7. The Kier molecular flexibility index (Phi) is 3.08. The van der Waals surface area contributed by atoms with Gasteiger partial charge in [-0.25, -0.2) is 0 Å². The molecular formula is C19H26O4. The molecule has 0 saturated heterocycles. The molecule has 3 saturated carbocycles. The average Bonchev–Trinajstić information content (AvgIpc) is 2.60. The van der Waals surface area contributed by atoms with Gasteiger partial charge in [0.05, 0.1) is 17.6 Å². The van der Waals surface area contributed by atoms with Crippen LogP contribution in [0, 0.1) is 28.6 Å². The summed E-state index contributed by atoms with van der Waals surface area (Å²) in [6.07, 6.45) is 2.39. The van der Waals surface area contributed by atoms with Gasteiger partial charge in [-0.1, -0.05) is 32.1 Å². The second-order valence-corrected chi connectivity index (χ2v) is 8.61. The van der Waals surface area contributed by atoms with E-state index in [9.17, 15) is 20.1 Å². The van der Waals surface area contributed by atoms with Gasteiger partial charge in [0, 0.05) is 11.8 Å². The average molecular weight is 318 g/mol. The molecular weight excluding hydrogens is 292 g/mol. The van der Waals surface area contributed by atoms with Gasteiger partial charge in [0.25, 0.3) is 0 Å². The fourth-order valence-electron chi connectivity index (χ4n) is 6.15. The third-order valence-corrected chi connectivity index (χ3v) is 7.28. The van der Waals surface area contributed by atoms with Crippen molar-refractivity contribution in [1.29, 1.82) is 0 Å². The molecule has 0 aromatic rings. The van der Waals surface area contributed by atoms with Gasteiger partial charge in [0.15, 0.2) is 5.78 Å². The molecule has 126 valence electrons. The van der Waals surface area contributed by atoms with E-state index < -0.39 is 23.7 Å². The van der Waals surface area contributed by atoms with Crippen molar-refractivity contribution in [2.75, 3.05) is 0 Å². The Balaban J connectivity index is 1.92. The third kappa shape index (κ3) is 1.60. The molecule has 4 heteroatoms. The monoisotopic (exact) mass is 318 g/mol. The number of allylic oxidation sites excluding steroid dienone is 1. The van der Waals surface area contributed by atoms with Crippen LogP contribution < -0.4 is 0 Å². The van der Waals surface area contributed by atoms with Crippen molar-refractivity contribution in [3.8, 4) is 0 Å². The molecule has 0 aromatic carbocycles. The van der Waals surface area contributed by atoms with E-state index in [4.69, 9.17) is 0 Å². The molecule has 4 aliphatic carbocycles. The number of hydrogen-bond acceptors (Lipinski definition) is 4. The Morgan fingerprint density at radius 3 is 2.61 bits per heavy atom. The van der Waals surface area contributed by atoms with Gasteiger partial charge in [0.2, 0.25) is 0 Å². The molecule has 1 spiro atoms. The van der Waals surface area contributed by atoms with Crippen LogP contribution in [0.1, 0.15) is 39.5 Å². The van der Waals surface area contributed by atoms with Crippen LogP contribution in [-0.4, -0.2) is 39.4 Å². The number of ketones is 1. The summed E-state index contributed by atoms with van der Waals surface area (Å²) in [5.74, 6) is -0.984. The van der Waals surface area contributed by atoms with Gasteiger partial charge in [0.1, 0.15) is 6.10 Å². The number of carbonyl (C=O) groups is 1. The Bertz CT molecular complexity index is 619. The number of hydrogen-bond donors (Lipinski definition) is 3. The van der Waals surface area contributed by atoms with Crippen LogP contribution in [0.3, 0.4) is 0 Å². The largest absolute Gasteiger partial charge is 0.391 e. The summed E-state index contributed by atoms with van der Waals surface area (Å²) in [6.45, 7) is 8.15. The van der Waals surface area contributed by atoms with E-state index in [0.717, 1.165) is 31.3 Å². The highest BCUT2D eigenvalue weighted by atomic mass is 16.3. The van der Waals surface area contributed by atoms with Crippen LogP contribution in [0.2, 0.25) is 0 Å². The van der Waals surface area contributed by atoms with Crippen LogP contribution in [0.4, 0.5) is 0 Å². The normalized spacial score (nSPS) is 51.1. The van der Waals surface area contributed by atoms with Gasteiger partial charge >= 0.3 is 0 Å². The highest BCUT2D eigenvalue weighted by Crippen LogP contribution is 2.65. The van der Waals surface area contributed by atoms with Gasteiger partial charge < -0.3 is 15.3 Å². The second kappa shape index (κ2) is 4.56. The number of carbonyl (C=O) groups excluding carboxylic acids is 1. The fraction of sp³-hybridized carbons (Fsp3) is 0.737. The molecule has 0 amide bonds. The molecule has 7 unspecified atom stereocenters. The lowest BCUT2D eigenvalue weighted by Gasteiger charge is -2.56. The molecule has 4 aliphatic rings. The van der Waals surface area contributed by atoms with Crippen LogP contribution in [0.5, 0.6) is 0 Å². The second-order valence-electron chi connectivity index (χ2n) is 8.61. The minimum absolute atomic E-state index is 0.150. The minimum atomic E-state index is -1.28. The van der Waals surface area contributed by atoms with Crippen molar-refractivity contribution in [3.05, 3.63) is 23.8 Å². The maximum atomic E-state index is 13.2. The number of fused-ring (bicyclic) bond motifs is 3. The minimum Gasteiger partial charge on any atom is -0.391 e. The van der Waals surface area contributed by atoms with Crippen LogP contribution in [0.15, 0.2) is 23.8 Å². The summed E-state index contributed by atoms with van der Waals surface area (Å²) in [6, 6.07) is 0. The molecule has 0 radical (unpaired) electrons. The molecule has 0 aromatic heterocycles. The molecule has 7 atom stereocenters. The topological polar surface area (TPSA) is 77.8 Å². The first-order valence-electron chi connectivity index (χ1n) is 8.71. The number of rotatable bonds is 0. The maximum absolute atomic E-state index is 13.2. The molecule has 3 N–H and O–H groups in total. The summed E-state index contributed by atoms with van der Waals surface area (Å²) in [7, 11) is 0. The molecule has 4 rings (SSSR count). The van der Waals surface area contributed by atoms with Crippen LogP contribution in [0.25, 0.3) is 0 Å². The number of aliphatic hydroxyl groups excluding tert-OH is 3. The van der Waals surface area contributed by atoms with E-state index in [1.807, 2.05) is 0 Å². The Morgan fingerprint density at radius 1 is 1.22 bits per heavy atom. The van der Waals surface area contributed by atoms with E-state index in [0.29, 0.717) is 5.57 Å². The van der Waals surface area contributed by atoms with Crippen molar-refractivity contribution in [3.63, 3.8) is 0 Å². The highest BCUT2D eigenvalue weighted by Gasteiger charge is 2.71. The van der Waals surface area contributed by atoms with Crippen LogP contribution >= 0.6 is 0 Å². The van der Waals surface area contributed by atoms with Crippen molar-refractivity contribution in [2.24, 2.45) is 28.6 Å². The van der Waals surface area contributed by atoms with Crippen molar-refractivity contribution in [1.82, 2.24) is 0 Å². The summed E-state index contributed by atoms with van der Waals surface area (Å²) in [5.41, 5.74) is 0.215. The van der Waals surface area contributed by atoms with E-state index in [1.54, 1.807) is 0 Å². The van der Waals surface area contributed by atoms with Crippen LogP contribution in [-0.2, 0) is 4.79 Å². The van der Waals surface area contributed by atoms with Gasteiger partial charge in [-0.3, -0.25) is 4.79 Å². The molecule has 2 bridgehead atoms.